The van der Waals surface area contributed by atoms with Crippen molar-refractivity contribution < 1.29 is 9.53 Å². The lowest BCUT2D eigenvalue weighted by Crippen LogP contribution is -2.22. The highest BCUT2D eigenvalue weighted by atomic mass is 16.5. The van der Waals surface area contributed by atoms with Crippen molar-refractivity contribution in [1.29, 1.82) is 0 Å². The van der Waals surface area contributed by atoms with E-state index in [2.05, 4.69) is 11.2 Å². The van der Waals surface area contributed by atoms with E-state index in [0.717, 1.165) is 0 Å². The predicted molar refractivity (Wildman–Crippen MR) is 56.4 cm³/mol. The third-order valence-corrected chi connectivity index (χ3v) is 1.29. The fraction of sp³-hybridized carbons (Fsp3) is 0.364. The number of carbonyl (C=O) groups excluding carboxylic acids is 1. The molecule has 76 valence electrons. The molecule has 0 saturated heterocycles. The van der Waals surface area contributed by atoms with Gasteiger partial charge < -0.3 is 10.1 Å². The van der Waals surface area contributed by atoms with Gasteiger partial charge in [-0.3, -0.25) is 4.79 Å². The molecule has 0 rings (SSSR count). The van der Waals surface area contributed by atoms with Crippen LogP contribution >= 0.6 is 0 Å². The van der Waals surface area contributed by atoms with E-state index in [-0.39, 0.29) is 5.91 Å². The van der Waals surface area contributed by atoms with Crippen LogP contribution in [0.3, 0.4) is 0 Å². The maximum absolute atomic E-state index is 10.8. The zero-order valence-corrected chi connectivity index (χ0v) is 8.54. The van der Waals surface area contributed by atoms with E-state index in [1.165, 1.54) is 6.92 Å². The summed E-state index contributed by atoms with van der Waals surface area (Å²) in [7, 11) is 0. The minimum atomic E-state index is -0.120. The first-order valence-corrected chi connectivity index (χ1v) is 4.37. The summed E-state index contributed by atoms with van der Waals surface area (Å²) in [6.07, 6.45) is 9.98. The average molecular weight is 193 g/mol. The molecule has 1 amide bonds. The van der Waals surface area contributed by atoms with E-state index in [1.54, 1.807) is 18.2 Å². The van der Waals surface area contributed by atoms with Gasteiger partial charge in [-0.05, 0) is 19.1 Å². The molecule has 0 saturated carbocycles. The second-order valence-corrected chi connectivity index (χ2v) is 2.54. The number of hydrogen-bond acceptors (Lipinski definition) is 2. The van der Waals surface area contributed by atoms with Gasteiger partial charge in [-0.2, -0.15) is 0 Å². The van der Waals surface area contributed by atoms with Gasteiger partial charge in [0.1, 0.15) is 0 Å². The van der Waals surface area contributed by atoms with Crippen LogP contribution in [-0.4, -0.2) is 19.1 Å². The Balaban J connectivity index is 4.23. The number of hydrogen-bond donors (Lipinski definition) is 1. The second kappa shape index (κ2) is 8.09. The fourth-order valence-electron chi connectivity index (χ4n) is 0.784. The van der Waals surface area contributed by atoms with E-state index in [4.69, 9.17) is 11.2 Å². The molecule has 1 N–H and O–H groups in total. The molecule has 0 aliphatic heterocycles. The Morgan fingerprint density at radius 2 is 2.36 bits per heavy atom. The third-order valence-electron chi connectivity index (χ3n) is 1.29. The van der Waals surface area contributed by atoms with Gasteiger partial charge in [0.15, 0.2) is 0 Å². The maximum Gasteiger partial charge on any atom is 0.221 e. The summed E-state index contributed by atoms with van der Waals surface area (Å²) in [5.74, 6) is 2.23. The van der Waals surface area contributed by atoms with Gasteiger partial charge in [-0.1, -0.05) is 12.0 Å². The molecule has 14 heavy (non-hydrogen) atoms. The lowest BCUT2D eigenvalue weighted by Gasteiger charge is -2.06. The number of amides is 1. The molecule has 0 bridgehead atoms. The van der Waals surface area contributed by atoms with Crippen LogP contribution in [-0.2, 0) is 9.53 Å². The summed E-state index contributed by atoms with van der Waals surface area (Å²) in [5, 5.41) is 2.65. The summed E-state index contributed by atoms with van der Waals surface area (Å²) in [6.45, 7) is 4.33. The van der Waals surface area contributed by atoms with Crippen molar-refractivity contribution in [3.8, 4) is 12.3 Å². The van der Waals surface area contributed by atoms with E-state index in [0.29, 0.717) is 18.9 Å². The Labute approximate surface area is 84.8 Å². The second-order valence-electron chi connectivity index (χ2n) is 2.54. The first kappa shape index (κ1) is 12.5. The number of rotatable bonds is 5. The largest absolute Gasteiger partial charge is 0.376 e. The summed E-state index contributed by atoms with van der Waals surface area (Å²) in [5.41, 5.74) is 0.700. The normalized spacial score (nSPS) is 11.4. The average Bonchev–Trinajstić information content (AvgIpc) is 2.13. The van der Waals surface area contributed by atoms with Gasteiger partial charge in [-0.25, -0.2) is 0 Å². The van der Waals surface area contributed by atoms with Crippen molar-refractivity contribution >= 4 is 5.91 Å². The van der Waals surface area contributed by atoms with Gasteiger partial charge in [0.2, 0.25) is 5.91 Å². The Hall–Kier alpha value is -1.53. The lowest BCUT2D eigenvalue weighted by atomic mass is 10.3. The molecular weight excluding hydrogens is 178 g/mol. The predicted octanol–water partition coefficient (Wildman–Crippen LogP) is 1.23. The zero-order valence-electron chi connectivity index (χ0n) is 8.54. The Morgan fingerprint density at radius 3 is 2.86 bits per heavy atom. The Bertz CT molecular complexity index is 272. The number of nitrogens with one attached hydrogen (secondary N) is 1. The quantitative estimate of drug-likeness (QED) is 0.527. The highest BCUT2D eigenvalue weighted by Gasteiger charge is 1.97. The van der Waals surface area contributed by atoms with Crippen LogP contribution < -0.4 is 5.32 Å². The molecule has 3 heteroatoms. The van der Waals surface area contributed by atoms with Crippen molar-refractivity contribution in [2.75, 3.05) is 13.2 Å². The number of terminal acetylenes is 1. The van der Waals surface area contributed by atoms with Gasteiger partial charge in [0.05, 0.1) is 6.61 Å². The third kappa shape index (κ3) is 7.14. The molecule has 0 aromatic rings. The van der Waals surface area contributed by atoms with Crippen LogP contribution in [0.25, 0.3) is 0 Å². The van der Waals surface area contributed by atoms with E-state index in [9.17, 15) is 4.79 Å². The molecule has 0 aliphatic carbocycles. The molecule has 0 heterocycles. The van der Waals surface area contributed by atoms with Crippen molar-refractivity contribution in [2.45, 2.75) is 13.8 Å². The summed E-state index contributed by atoms with van der Waals surface area (Å²) < 4.78 is 5.16. The molecule has 0 unspecified atom stereocenters. The van der Waals surface area contributed by atoms with Gasteiger partial charge in [-0.15, -0.1) is 6.42 Å². The monoisotopic (exact) mass is 193 g/mol. The minimum Gasteiger partial charge on any atom is -0.376 e. The summed E-state index contributed by atoms with van der Waals surface area (Å²) in [6, 6.07) is 0. The van der Waals surface area contributed by atoms with Gasteiger partial charge in [0.25, 0.3) is 0 Å². The van der Waals surface area contributed by atoms with Crippen molar-refractivity contribution in [3.63, 3.8) is 0 Å². The molecule has 0 spiro atoms. The molecule has 0 fully saturated rings. The highest BCUT2D eigenvalue weighted by molar-refractivity contribution is 5.74. The van der Waals surface area contributed by atoms with Crippen LogP contribution in [0.5, 0.6) is 0 Å². The van der Waals surface area contributed by atoms with Crippen molar-refractivity contribution in [2.24, 2.45) is 0 Å². The van der Waals surface area contributed by atoms with E-state index >= 15 is 0 Å². The minimum absolute atomic E-state index is 0.120. The van der Waals surface area contributed by atoms with Crippen LogP contribution in [0.15, 0.2) is 23.9 Å². The lowest BCUT2D eigenvalue weighted by molar-refractivity contribution is -0.118. The van der Waals surface area contributed by atoms with E-state index < -0.39 is 0 Å². The van der Waals surface area contributed by atoms with Crippen molar-refractivity contribution in [1.82, 2.24) is 5.32 Å². The SMILES string of the molecule is C#C/C=C\C=C(/COCC)NC(C)=O. The van der Waals surface area contributed by atoms with Crippen LogP contribution in [0.1, 0.15) is 13.8 Å². The number of allylic oxidation sites excluding steroid dienone is 3. The molecule has 3 nitrogen and oxygen atoms in total. The van der Waals surface area contributed by atoms with Gasteiger partial charge in [0, 0.05) is 19.2 Å². The molecule has 0 atom stereocenters. The maximum atomic E-state index is 10.8. The summed E-state index contributed by atoms with van der Waals surface area (Å²) in [4.78, 5) is 10.8. The molecule has 0 aliphatic rings. The van der Waals surface area contributed by atoms with Crippen molar-refractivity contribution in [3.05, 3.63) is 23.9 Å². The highest BCUT2D eigenvalue weighted by Crippen LogP contribution is 1.92. The van der Waals surface area contributed by atoms with Crippen LogP contribution in [0.4, 0.5) is 0 Å². The molecule has 0 radical (unpaired) electrons. The smallest absolute Gasteiger partial charge is 0.221 e. The fourth-order valence-corrected chi connectivity index (χ4v) is 0.784. The standard InChI is InChI=1S/C11H15NO2/c1-4-6-7-8-11(9-14-5-2)12-10(3)13/h1,6-8H,5,9H2,2-3H3,(H,12,13)/b7-6-,11-8+. The summed E-state index contributed by atoms with van der Waals surface area (Å²) >= 11 is 0. The van der Waals surface area contributed by atoms with Crippen LogP contribution in [0.2, 0.25) is 0 Å². The topological polar surface area (TPSA) is 38.3 Å². The molecule has 0 aromatic carbocycles. The first-order chi connectivity index (χ1) is 6.70. The Kier molecular flexibility index (Phi) is 7.20. The van der Waals surface area contributed by atoms with E-state index in [1.807, 2.05) is 6.92 Å². The van der Waals surface area contributed by atoms with Crippen LogP contribution in [0, 0.1) is 12.3 Å². The van der Waals surface area contributed by atoms with Gasteiger partial charge >= 0.3 is 0 Å². The number of carbonyl (C=O) groups is 1. The Morgan fingerprint density at radius 1 is 1.64 bits per heavy atom. The molecular formula is C11H15NO2. The molecule has 0 aromatic heterocycles. The zero-order chi connectivity index (χ0) is 10.8. The number of ether oxygens (including phenoxy) is 1. The first-order valence-electron chi connectivity index (χ1n) is 4.37.